The molecule has 1 saturated carbocycles. The fraction of sp³-hybridized carbons (Fsp3) is 0.471. The van der Waals surface area contributed by atoms with E-state index in [4.69, 9.17) is 0 Å². The lowest BCUT2D eigenvalue weighted by Crippen LogP contribution is -2.45. The van der Waals surface area contributed by atoms with Crippen molar-refractivity contribution in [2.24, 2.45) is 0 Å². The van der Waals surface area contributed by atoms with Crippen molar-refractivity contribution in [1.29, 1.82) is 0 Å². The molecule has 27 heavy (non-hydrogen) atoms. The molecule has 2 aromatic rings. The molecule has 0 atom stereocenters. The molecule has 0 amide bonds. The normalized spacial score (nSPS) is 18.0. The number of fused-ring (bicyclic) bond motifs is 1. The Labute approximate surface area is 153 Å². The van der Waals surface area contributed by atoms with E-state index >= 15 is 0 Å². The topological polar surface area (TPSA) is 122 Å². The van der Waals surface area contributed by atoms with Crippen LogP contribution in [0.5, 0.6) is 0 Å². The highest BCUT2D eigenvalue weighted by molar-refractivity contribution is 5.93. The molecule has 0 spiro atoms. The van der Waals surface area contributed by atoms with Gasteiger partial charge in [0.1, 0.15) is 11.2 Å². The molecule has 3 heterocycles. The van der Waals surface area contributed by atoms with E-state index in [1.165, 1.54) is 12.3 Å². The molecule has 1 N–H and O–H groups in total. The first-order valence-corrected chi connectivity index (χ1v) is 8.78. The maximum Gasteiger partial charge on any atom is 0.341 e. The lowest BCUT2D eigenvalue weighted by Gasteiger charge is -2.33. The van der Waals surface area contributed by atoms with Gasteiger partial charge in [-0.15, -0.1) is 0 Å². The van der Waals surface area contributed by atoms with Crippen molar-refractivity contribution in [3.63, 3.8) is 0 Å². The van der Waals surface area contributed by atoms with Gasteiger partial charge in [-0.2, -0.15) is 0 Å². The Morgan fingerprint density at radius 1 is 1.30 bits per heavy atom. The number of aromatic nitrogens is 2. The van der Waals surface area contributed by atoms with Gasteiger partial charge in [-0.1, -0.05) is 0 Å². The number of carbonyl (C=O) groups is 1. The van der Waals surface area contributed by atoms with Gasteiger partial charge in [-0.05, 0) is 19.9 Å². The smallest absolute Gasteiger partial charge is 0.341 e. The molecule has 1 aliphatic carbocycles. The molecule has 0 unspecified atom stereocenters. The van der Waals surface area contributed by atoms with E-state index in [9.17, 15) is 24.8 Å². The van der Waals surface area contributed by atoms with Crippen LogP contribution in [-0.2, 0) is 0 Å². The van der Waals surface area contributed by atoms with Crippen LogP contribution >= 0.6 is 0 Å². The van der Waals surface area contributed by atoms with Crippen LogP contribution in [0.1, 0.15) is 29.2 Å². The van der Waals surface area contributed by atoms with Crippen LogP contribution in [-0.4, -0.2) is 63.7 Å². The number of carboxylic acid groups (broad SMARTS) is 1. The number of rotatable bonds is 4. The molecule has 10 nitrogen and oxygen atoms in total. The molecule has 2 fully saturated rings. The Balaban J connectivity index is 1.96. The molecule has 1 saturated heterocycles. The van der Waals surface area contributed by atoms with Gasteiger partial charge in [0.25, 0.3) is 0 Å². The lowest BCUT2D eigenvalue weighted by atomic mass is 10.1. The van der Waals surface area contributed by atoms with Crippen LogP contribution in [0.2, 0.25) is 0 Å². The van der Waals surface area contributed by atoms with Gasteiger partial charge in [0.15, 0.2) is 0 Å². The molecule has 0 radical (unpaired) electrons. The highest BCUT2D eigenvalue weighted by Gasteiger charge is 2.31. The highest BCUT2D eigenvalue weighted by atomic mass is 16.6. The minimum Gasteiger partial charge on any atom is -0.477 e. The third kappa shape index (κ3) is 3.01. The summed E-state index contributed by atoms with van der Waals surface area (Å²) in [6.07, 6.45) is 3.04. The van der Waals surface area contributed by atoms with Gasteiger partial charge in [0.05, 0.1) is 10.3 Å². The van der Waals surface area contributed by atoms with Crippen LogP contribution < -0.4 is 10.3 Å². The highest BCUT2D eigenvalue weighted by Crippen LogP contribution is 2.38. The third-order valence-corrected chi connectivity index (χ3v) is 5.14. The van der Waals surface area contributed by atoms with Gasteiger partial charge < -0.3 is 19.5 Å². The molecular formula is C17H19N5O5. The molecule has 4 rings (SSSR count). The molecule has 0 bridgehead atoms. The Kier molecular flexibility index (Phi) is 4.06. The standard InChI is InChI=1S/C17H19N5O5/c1-19-4-6-20(7-5-19)16-13(22(26)27)8-11-14(23)12(17(24)25)9-21(10-2-3-10)15(11)18-16/h8-10H,2-7H2,1H3,(H,24,25). The predicted octanol–water partition coefficient (Wildman–Crippen LogP) is 1.09. The second-order valence-electron chi connectivity index (χ2n) is 7.07. The minimum atomic E-state index is -1.35. The van der Waals surface area contributed by atoms with Gasteiger partial charge in [0.2, 0.25) is 11.2 Å². The second-order valence-corrected chi connectivity index (χ2v) is 7.07. The van der Waals surface area contributed by atoms with Crippen molar-refractivity contribution in [3.05, 3.63) is 38.2 Å². The van der Waals surface area contributed by atoms with Crippen LogP contribution in [0.15, 0.2) is 17.1 Å². The maximum absolute atomic E-state index is 12.6. The predicted molar refractivity (Wildman–Crippen MR) is 97.6 cm³/mol. The summed E-state index contributed by atoms with van der Waals surface area (Å²) in [7, 11) is 1.98. The molecule has 1 aliphatic heterocycles. The van der Waals surface area contributed by atoms with E-state index in [2.05, 4.69) is 9.88 Å². The molecule has 2 aromatic heterocycles. The average molecular weight is 373 g/mol. The fourth-order valence-corrected chi connectivity index (χ4v) is 3.42. The summed E-state index contributed by atoms with van der Waals surface area (Å²) in [5.41, 5.74) is -1.09. The number of likely N-dealkylation sites (N-methyl/N-ethyl adjacent to an activating group) is 1. The van der Waals surface area contributed by atoms with E-state index in [1.54, 1.807) is 4.57 Å². The fourth-order valence-electron chi connectivity index (χ4n) is 3.42. The Bertz CT molecular complexity index is 1000. The zero-order chi connectivity index (χ0) is 19.3. The monoisotopic (exact) mass is 373 g/mol. The average Bonchev–Trinajstić information content (AvgIpc) is 3.46. The van der Waals surface area contributed by atoms with Gasteiger partial charge in [-0.25, -0.2) is 9.78 Å². The van der Waals surface area contributed by atoms with Gasteiger partial charge in [-0.3, -0.25) is 14.9 Å². The summed E-state index contributed by atoms with van der Waals surface area (Å²) in [6.45, 7) is 2.70. The summed E-state index contributed by atoms with van der Waals surface area (Å²) in [6, 6.07) is 1.25. The SMILES string of the molecule is CN1CCN(c2nc3c(cc2[N+](=O)[O-])c(=O)c(C(=O)O)cn3C2CC2)CC1. The largest absolute Gasteiger partial charge is 0.477 e. The summed E-state index contributed by atoms with van der Waals surface area (Å²) >= 11 is 0. The summed E-state index contributed by atoms with van der Waals surface area (Å²) in [5, 5.41) is 20.9. The minimum absolute atomic E-state index is 0.0219. The Morgan fingerprint density at radius 2 is 1.96 bits per heavy atom. The number of anilines is 1. The first-order chi connectivity index (χ1) is 12.9. The second kappa shape index (κ2) is 6.31. The number of aromatic carboxylic acids is 1. The van der Waals surface area contributed by atoms with Crippen molar-refractivity contribution in [1.82, 2.24) is 14.5 Å². The van der Waals surface area contributed by atoms with E-state index in [-0.39, 0.29) is 22.9 Å². The summed E-state index contributed by atoms with van der Waals surface area (Å²) in [5.74, 6) is -1.11. The van der Waals surface area contributed by atoms with Crippen molar-refractivity contribution < 1.29 is 14.8 Å². The van der Waals surface area contributed by atoms with Gasteiger partial charge >= 0.3 is 11.7 Å². The molecule has 142 valence electrons. The van der Waals surface area contributed by atoms with Crippen molar-refractivity contribution in [2.45, 2.75) is 18.9 Å². The maximum atomic E-state index is 12.6. The zero-order valence-corrected chi connectivity index (χ0v) is 14.8. The molecule has 0 aromatic carbocycles. The van der Waals surface area contributed by atoms with Crippen molar-refractivity contribution in [3.8, 4) is 0 Å². The van der Waals surface area contributed by atoms with Crippen LogP contribution in [0.4, 0.5) is 11.5 Å². The lowest BCUT2D eigenvalue weighted by molar-refractivity contribution is -0.384. The molecule has 10 heteroatoms. The van der Waals surface area contributed by atoms with Crippen LogP contribution in [0.3, 0.4) is 0 Å². The van der Waals surface area contributed by atoms with Crippen LogP contribution in [0, 0.1) is 10.1 Å². The Hall–Kier alpha value is -3.01. The summed E-state index contributed by atoms with van der Waals surface area (Å²) < 4.78 is 1.68. The zero-order valence-electron chi connectivity index (χ0n) is 14.8. The van der Waals surface area contributed by atoms with Crippen molar-refractivity contribution in [2.75, 3.05) is 38.1 Å². The number of nitrogens with zero attached hydrogens (tertiary/aromatic N) is 5. The van der Waals surface area contributed by atoms with Gasteiger partial charge in [0, 0.05) is 44.5 Å². The van der Waals surface area contributed by atoms with E-state index < -0.39 is 21.9 Å². The van der Waals surface area contributed by atoms with E-state index in [1.807, 2.05) is 11.9 Å². The molecular weight excluding hydrogens is 354 g/mol. The van der Waals surface area contributed by atoms with Crippen LogP contribution in [0.25, 0.3) is 11.0 Å². The number of hydrogen-bond acceptors (Lipinski definition) is 7. The quantitative estimate of drug-likeness (QED) is 0.624. The van der Waals surface area contributed by atoms with E-state index in [0.717, 1.165) is 25.9 Å². The number of hydrogen-bond donors (Lipinski definition) is 1. The molecule has 2 aliphatic rings. The number of piperazine rings is 1. The first kappa shape index (κ1) is 17.4. The number of nitro groups is 1. The van der Waals surface area contributed by atoms with Crippen molar-refractivity contribution >= 4 is 28.5 Å². The first-order valence-electron chi connectivity index (χ1n) is 8.78. The van der Waals surface area contributed by atoms with E-state index in [0.29, 0.717) is 18.7 Å². The Morgan fingerprint density at radius 3 is 2.52 bits per heavy atom. The number of pyridine rings is 2. The summed E-state index contributed by atoms with van der Waals surface area (Å²) in [4.78, 5) is 43.6. The third-order valence-electron chi connectivity index (χ3n) is 5.14. The number of carboxylic acids is 1.